The first-order chi connectivity index (χ1) is 13.9. The van der Waals surface area contributed by atoms with Crippen LogP contribution in [0.5, 0.6) is 0 Å². The third-order valence-electron chi connectivity index (χ3n) is 6.53. The predicted octanol–water partition coefficient (Wildman–Crippen LogP) is 3.53. The first-order valence-corrected chi connectivity index (χ1v) is 13.1. The molecule has 1 aliphatic heterocycles. The lowest BCUT2D eigenvalue weighted by atomic mass is 9.82. The standard InChI is InChI=1S/C23H43N3O2S/c1-17-6-8-20(9-7-17)22(27)25-21(10-13-29-4)23(28)24-11-5-12-26-15-18(2)14-19(3)16-26/h17-21H,5-16H2,1-4H3,(H,24,28)(H,25,27)/t17?,18-,19+,20?,21-/m1/s1. The summed E-state index contributed by atoms with van der Waals surface area (Å²) in [5, 5.41) is 6.14. The molecule has 6 heteroatoms. The van der Waals surface area contributed by atoms with Crippen LogP contribution in [0.2, 0.25) is 0 Å². The zero-order valence-corrected chi connectivity index (χ0v) is 19.9. The fourth-order valence-corrected chi connectivity index (χ4v) is 5.40. The van der Waals surface area contributed by atoms with Crippen molar-refractivity contribution in [1.29, 1.82) is 0 Å². The van der Waals surface area contributed by atoms with Crippen LogP contribution in [0, 0.1) is 23.7 Å². The number of hydrogen-bond acceptors (Lipinski definition) is 4. The minimum absolute atomic E-state index is 0.0167. The molecule has 0 bridgehead atoms. The molecule has 2 N–H and O–H groups in total. The van der Waals surface area contributed by atoms with Gasteiger partial charge in [-0.25, -0.2) is 0 Å². The highest BCUT2D eigenvalue weighted by Gasteiger charge is 2.28. The Labute approximate surface area is 182 Å². The SMILES string of the molecule is CSCC[C@@H](NC(=O)C1CCC(C)CC1)C(=O)NCCCN1C[C@H](C)C[C@H](C)C1. The molecule has 1 saturated carbocycles. The number of rotatable bonds is 10. The summed E-state index contributed by atoms with van der Waals surface area (Å²) >= 11 is 1.72. The van der Waals surface area contributed by atoms with Crippen LogP contribution in [0.25, 0.3) is 0 Å². The average molecular weight is 426 g/mol. The Bertz CT molecular complexity index is 498. The molecule has 1 aliphatic carbocycles. The second kappa shape index (κ2) is 12.8. The molecule has 5 nitrogen and oxygen atoms in total. The average Bonchev–Trinajstić information content (AvgIpc) is 2.68. The van der Waals surface area contributed by atoms with Crippen molar-refractivity contribution >= 4 is 23.6 Å². The van der Waals surface area contributed by atoms with Crippen LogP contribution < -0.4 is 10.6 Å². The molecule has 29 heavy (non-hydrogen) atoms. The van der Waals surface area contributed by atoms with Crippen LogP contribution in [-0.2, 0) is 9.59 Å². The maximum atomic E-state index is 12.7. The van der Waals surface area contributed by atoms with Crippen molar-refractivity contribution in [3.63, 3.8) is 0 Å². The summed E-state index contributed by atoms with van der Waals surface area (Å²) < 4.78 is 0. The van der Waals surface area contributed by atoms with Crippen molar-refractivity contribution in [2.45, 2.75) is 71.8 Å². The van der Waals surface area contributed by atoms with E-state index in [2.05, 4.69) is 36.3 Å². The summed E-state index contributed by atoms with van der Waals surface area (Å²) in [6.45, 7) is 11.0. The third kappa shape index (κ3) is 8.87. The van der Waals surface area contributed by atoms with Gasteiger partial charge in [0.05, 0.1) is 0 Å². The van der Waals surface area contributed by atoms with E-state index in [1.165, 1.54) is 19.5 Å². The van der Waals surface area contributed by atoms with E-state index in [0.717, 1.165) is 62.2 Å². The molecule has 3 atom stereocenters. The van der Waals surface area contributed by atoms with Gasteiger partial charge in [-0.15, -0.1) is 0 Å². The molecule has 2 aliphatic rings. The Hall–Kier alpha value is -0.750. The molecule has 2 rings (SSSR count). The summed E-state index contributed by atoms with van der Waals surface area (Å²) in [6, 6.07) is -0.399. The van der Waals surface area contributed by atoms with Crippen LogP contribution >= 0.6 is 11.8 Å². The summed E-state index contributed by atoms with van der Waals surface area (Å²) in [7, 11) is 0. The van der Waals surface area contributed by atoms with E-state index in [0.29, 0.717) is 13.0 Å². The molecule has 1 saturated heterocycles. The highest BCUT2D eigenvalue weighted by molar-refractivity contribution is 7.98. The van der Waals surface area contributed by atoms with Crippen molar-refractivity contribution in [2.24, 2.45) is 23.7 Å². The van der Waals surface area contributed by atoms with Crippen molar-refractivity contribution in [3.05, 3.63) is 0 Å². The molecule has 0 aromatic rings. The quantitative estimate of drug-likeness (QED) is 0.526. The maximum Gasteiger partial charge on any atom is 0.242 e. The molecule has 0 radical (unpaired) electrons. The van der Waals surface area contributed by atoms with E-state index in [1.54, 1.807) is 11.8 Å². The number of hydrogen-bond donors (Lipinski definition) is 2. The van der Waals surface area contributed by atoms with Crippen molar-refractivity contribution in [1.82, 2.24) is 15.5 Å². The van der Waals surface area contributed by atoms with Crippen LogP contribution in [0.15, 0.2) is 0 Å². The van der Waals surface area contributed by atoms with Gasteiger partial charge in [0.25, 0.3) is 0 Å². The Morgan fingerprint density at radius 3 is 2.31 bits per heavy atom. The molecule has 1 heterocycles. The highest BCUT2D eigenvalue weighted by Crippen LogP contribution is 2.28. The minimum atomic E-state index is -0.399. The summed E-state index contributed by atoms with van der Waals surface area (Å²) in [4.78, 5) is 27.9. The van der Waals surface area contributed by atoms with Gasteiger partial charge in [0.15, 0.2) is 0 Å². The van der Waals surface area contributed by atoms with Gasteiger partial charge in [-0.2, -0.15) is 11.8 Å². The number of nitrogens with one attached hydrogen (secondary N) is 2. The number of piperidine rings is 1. The number of likely N-dealkylation sites (tertiary alicyclic amines) is 1. The van der Waals surface area contributed by atoms with E-state index in [4.69, 9.17) is 0 Å². The molecule has 0 aromatic heterocycles. The number of nitrogens with zero attached hydrogens (tertiary/aromatic N) is 1. The Morgan fingerprint density at radius 1 is 1.03 bits per heavy atom. The largest absolute Gasteiger partial charge is 0.354 e. The number of carbonyl (C=O) groups is 2. The molecule has 168 valence electrons. The molecule has 2 fully saturated rings. The Balaban J connectivity index is 1.73. The maximum absolute atomic E-state index is 12.7. The minimum Gasteiger partial charge on any atom is -0.354 e. The Morgan fingerprint density at radius 2 is 1.69 bits per heavy atom. The summed E-state index contributed by atoms with van der Waals surface area (Å²) in [5.41, 5.74) is 0. The lowest BCUT2D eigenvalue weighted by molar-refractivity contribution is -0.132. The second-order valence-electron chi connectivity index (χ2n) is 9.65. The fraction of sp³-hybridized carbons (Fsp3) is 0.913. The van der Waals surface area contributed by atoms with Crippen molar-refractivity contribution < 1.29 is 9.59 Å². The normalized spacial score (nSPS) is 29.2. The first-order valence-electron chi connectivity index (χ1n) is 11.7. The van der Waals surface area contributed by atoms with Crippen LogP contribution in [-0.4, -0.2) is 60.9 Å². The van der Waals surface area contributed by atoms with Crippen LogP contribution in [0.4, 0.5) is 0 Å². The van der Waals surface area contributed by atoms with Gasteiger partial charge in [0.2, 0.25) is 11.8 Å². The molecule has 0 unspecified atom stereocenters. The van der Waals surface area contributed by atoms with Crippen LogP contribution in [0.1, 0.15) is 65.7 Å². The van der Waals surface area contributed by atoms with Gasteiger partial charge in [-0.05, 0) is 81.3 Å². The topological polar surface area (TPSA) is 61.4 Å². The number of thioether (sulfide) groups is 1. The number of amides is 2. The van der Waals surface area contributed by atoms with E-state index in [9.17, 15) is 9.59 Å². The third-order valence-corrected chi connectivity index (χ3v) is 7.17. The van der Waals surface area contributed by atoms with Crippen molar-refractivity contribution in [3.8, 4) is 0 Å². The summed E-state index contributed by atoms with van der Waals surface area (Å²) in [6.07, 6.45) is 9.18. The van der Waals surface area contributed by atoms with E-state index in [1.807, 2.05) is 6.26 Å². The van der Waals surface area contributed by atoms with E-state index >= 15 is 0 Å². The monoisotopic (exact) mass is 425 g/mol. The van der Waals surface area contributed by atoms with Gasteiger partial charge in [0.1, 0.15) is 6.04 Å². The lowest BCUT2D eigenvalue weighted by Crippen LogP contribution is -2.49. The molecular formula is C23H43N3O2S. The predicted molar refractivity (Wildman–Crippen MR) is 123 cm³/mol. The van der Waals surface area contributed by atoms with E-state index in [-0.39, 0.29) is 17.7 Å². The molecule has 0 spiro atoms. The van der Waals surface area contributed by atoms with Gasteiger partial charge < -0.3 is 15.5 Å². The first kappa shape index (κ1) is 24.5. The molecular weight excluding hydrogens is 382 g/mol. The van der Waals surface area contributed by atoms with Crippen LogP contribution in [0.3, 0.4) is 0 Å². The second-order valence-corrected chi connectivity index (χ2v) is 10.6. The molecule has 0 aromatic carbocycles. The zero-order valence-electron chi connectivity index (χ0n) is 19.0. The van der Waals surface area contributed by atoms with Gasteiger partial charge >= 0.3 is 0 Å². The molecule has 2 amide bonds. The lowest BCUT2D eigenvalue weighted by Gasteiger charge is -2.35. The Kier molecular flexibility index (Phi) is 10.9. The summed E-state index contributed by atoms with van der Waals surface area (Å²) in [5.74, 6) is 3.28. The van der Waals surface area contributed by atoms with Gasteiger partial charge in [0, 0.05) is 25.6 Å². The number of carbonyl (C=O) groups excluding carboxylic acids is 2. The smallest absolute Gasteiger partial charge is 0.242 e. The van der Waals surface area contributed by atoms with Gasteiger partial charge in [-0.3, -0.25) is 9.59 Å². The highest BCUT2D eigenvalue weighted by atomic mass is 32.2. The van der Waals surface area contributed by atoms with E-state index < -0.39 is 6.04 Å². The fourth-order valence-electron chi connectivity index (χ4n) is 4.93. The zero-order chi connectivity index (χ0) is 21.2. The van der Waals surface area contributed by atoms with Gasteiger partial charge in [-0.1, -0.05) is 20.8 Å². The van der Waals surface area contributed by atoms with Crippen molar-refractivity contribution in [2.75, 3.05) is 38.2 Å².